The Balaban J connectivity index is 1.15. The second-order valence-electron chi connectivity index (χ2n) is 13.3. The van der Waals surface area contributed by atoms with Crippen LogP contribution in [-0.2, 0) is 11.2 Å². The molecular weight excluding hydrogens is 551 g/mol. The van der Waals surface area contributed by atoms with E-state index in [1.165, 1.54) is 29.5 Å². The van der Waals surface area contributed by atoms with Crippen molar-refractivity contribution in [2.45, 2.75) is 76.2 Å². The largest absolute Gasteiger partial charge is 0.393 e. The quantitative estimate of drug-likeness (QED) is 0.306. The lowest BCUT2D eigenvalue weighted by Crippen LogP contribution is -2.62. The number of aliphatic hydroxyl groups excluding tert-OH is 1. The molecule has 220 valence electrons. The Hall–Kier alpha value is -2.88. The Kier molecular flexibility index (Phi) is 6.53. The average Bonchev–Trinajstić information content (AvgIpc) is 3.48. The fraction of sp³-hybridized carbons (Fsp3) is 0.515. The van der Waals surface area contributed by atoms with Crippen molar-refractivity contribution >= 4 is 23.6 Å². The summed E-state index contributed by atoms with van der Waals surface area (Å²) in [6.45, 7) is 6.21. The van der Waals surface area contributed by atoms with Crippen LogP contribution in [0.3, 0.4) is 0 Å². The number of ketones is 1. The van der Waals surface area contributed by atoms with Gasteiger partial charge in [0.05, 0.1) is 29.4 Å². The molecule has 9 heteroatoms. The number of aliphatic hydroxyl groups is 2. The van der Waals surface area contributed by atoms with E-state index in [1.54, 1.807) is 18.3 Å². The predicted molar refractivity (Wildman–Crippen MR) is 158 cm³/mol. The first-order chi connectivity index (χ1) is 20.0. The van der Waals surface area contributed by atoms with Gasteiger partial charge in [-0.25, -0.2) is 19.0 Å². The molecule has 6 unspecified atom stereocenters. The van der Waals surface area contributed by atoms with Gasteiger partial charge in [0.15, 0.2) is 10.9 Å². The summed E-state index contributed by atoms with van der Waals surface area (Å²) in [5.41, 5.74) is 2.72. The molecule has 7 atom stereocenters. The molecule has 0 saturated heterocycles. The number of Topliss-reactive ketones (excluding diaryl/α,β-unsaturated/α-hetero) is 1. The van der Waals surface area contributed by atoms with Gasteiger partial charge in [0, 0.05) is 17.3 Å². The summed E-state index contributed by atoms with van der Waals surface area (Å²) in [4.78, 5) is 22.3. The number of fused-ring (bicyclic) bond motifs is 6. The van der Waals surface area contributed by atoms with Gasteiger partial charge in [-0.05, 0) is 111 Å². The second-order valence-corrected chi connectivity index (χ2v) is 14.3. The van der Waals surface area contributed by atoms with Gasteiger partial charge in [-0.15, -0.1) is 0 Å². The maximum atomic E-state index is 13.7. The van der Waals surface area contributed by atoms with E-state index in [9.17, 15) is 19.4 Å². The number of aromatic nitrogens is 4. The molecule has 0 bridgehead atoms. The van der Waals surface area contributed by atoms with Crippen molar-refractivity contribution in [3.8, 4) is 5.69 Å². The van der Waals surface area contributed by atoms with Crippen molar-refractivity contribution < 1.29 is 19.4 Å². The van der Waals surface area contributed by atoms with E-state index in [0.29, 0.717) is 18.0 Å². The molecule has 2 heterocycles. The van der Waals surface area contributed by atoms with Crippen molar-refractivity contribution in [3.05, 3.63) is 71.1 Å². The summed E-state index contributed by atoms with van der Waals surface area (Å²) < 4.78 is 15.4. The Morgan fingerprint density at radius 3 is 2.74 bits per heavy atom. The number of hydrogen-bond acceptors (Lipinski definition) is 7. The highest BCUT2D eigenvalue weighted by atomic mass is 32.2. The number of nitrogens with zero attached hydrogens (tertiary/aromatic N) is 4. The topological polar surface area (TPSA) is 101 Å². The fourth-order valence-electron chi connectivity index (χ4n) is 9.18. The second kappa shape index (κ2) is 9.82. The minimum absolute atomic E-state index is 0.0328. The van der Waals surface area contributed by atoms with Crippen LogP contribution in [0.25, 0.3) is 11.8 Å². The number of aryl methyl sites for hydroxylation is 1. The van der Waals surface area contributed by atoms with E-state index in [4.69, 9.17) is 0 Å². The number of rotatable bonds is 5. The Morgan fingerprint density at radius 2 is 1.98 bits per heavy atom. The van der Waals surface area contributed by atoms with Crippen molar-refractivity contribution in [3.63, 3.8) is 0 Å². The zero-order chi connectivity index (χ0) is 29.4. The first-order valence-electron chi connectivity index (χ1n) is 14.9. The van der Waals surface area contributed by atoms with Crippen LogP contribution in [0.5, 0.6) is 0 Å². The highest BCUT2D eigenvalue weighted by Crippen LogP contribution is 2.67. The van der Waals surface area contributed by atoms with E-state index in [1.807, 2.05) is 30.8 Å². The average molecular weight is 589 g/mol. The fourth-order valence-corrected chi connectivity index (χ4v) is 10.0. The number of benzene rings is 1. The van der Waals surface area contributed by atoms with Gasteiger partial charge in [-0.3, -0.25) is 4.79 Å². The highest BCUT2D eigenvalue weighted by Gasteiger charge is 2.68. The number of carbonyl (C=O) groups is 1. The Morgan fingerprint density at radius 1 is 1.19 bits per heavy atom. The molecular formula is C33H37FN4O3S. The van der Waals surface area contributed by atoms with Gasteiger partial charge in [-0.2, -0.15) is 5.10 Å². The standard InChI is InChI=1S/C33H37FN4O3S/c1-19-11-13-35-30(37-19)42-18-28(40)33(41)12-10-25-24-9-4-21-14-26-20(17-36-38(26)23-7-5-22(34)6-8-23)15-31(21,2)29(24)27(39)16-32(25,33)3/h5-8,11,13-14,17,24-25,27,29,39,41H,4,9-10,12,15-16,18H2,1-3H3/t24?,25?,27?,29?,31?,32?,33-/m0/s1. The normalized spacial score (nSPS) is 35.0. The molecule has 0 aliphatic heterocycles. The third kappa shape index (κ3) is 4.07. The summed E-state index contributed by atoms with van der Waals surface area (Å²) >= 11 is 1.27. The number of halogens is 1. The molecule has 0 spiro atoms. The summed E-state index contributed by atoms with van der Waals surface area (Å²) in [6, 6.07) is 8.20. The first kappa shape index (κ1) is 27.9. The van der Waals surface area contributed by atoms with Gasteiger partial charge >= 0.3 is 0 Å². The summed E-state index contributed by atoms with van der Waals surface area (Å²) in [7, 11) is 0. The molecule has 7 nitrogen and oxygen atoms in total. The lowest BCUT2D eigenvalue weighted by atomic mass is 9.45. The lowest BCUT2D eigenvalue weighted by molar-refractivity contribution is -0.177. The van der Waals surface area contributed by atoms with Crippen LogP contribution in [0.4, 0.5) is 4.39 Å². The minimum atomic E-state index is -1.48. The van der Waals surface area contributed by atoms with E-state index in [-0.39, 0.29) is 40.5 Å². The molecule has 2 aromatic heterocycles. The van der Waals surface area contributed by atoms with Crippen LogP contribution in [0, 0.1) is 41.3 Å². The smallest absolute Gasteiger partial charge is 0.188 e. The van der Waals surface area contributed by atoms with E-state index in [2.05, 4.69) is 28.1 Å². The maximum Gasteiger partial charge on any atom is 0.188 e. The van der Waals surface area contributed by atoms with E-state index < -0.39 is 17.1 Å². The summed E-state index contributed by atoms with van der Waals surface area (Å²) in [5, 5.41) is 29.1. The van der Waals surface area contributed by atoms with Crippen LogP contribution in [-0.4, -0.2) is 53.2 Å². The van der Waals surface area contributed by atoms with Crippen molar-refractivity contribution in [2.75, 3.05) is 5.75 Å². The molecule has 3 aromatic rings. The minimum Gasteiger partial charge on any atom is -0.393 e. The van der Waals surface area contributed by atoms with E-state index >= 15 is 0 Å². The molecule has 7 rings (SSSR count). The third-order valence-electron chi connectivity index (χ3n) is 11.2. The zero-order valence-corrected chi connectivity index (χ0v) is 25.1. The summed E-state index contributed by atoms with van der Waals surface area (Å²) in [5.74, 6) is 0.0438. The molecule has 0 radical (unpaired) electrons. The molecule has 42 heavy (non-hydrogen) atoms. The monoisotopic (exact) mass is 588 g/mol. The van der Waals surface area contributed by atoms with Crippen LogP contribution in [0.15, 0.2) is 53.5 Å². The van der Waals surface area contributed by atoms with E-state index in [0.717, 1.165) is 48.3 Å². The molecule has 2 N–H and O–H groups in total. The number of carbonyl (C=O) groups excluding carboxylic acids is 1. The maximum absolute atomic E-state index is 13.7. The Labute approximate surface area is 249 Å². The van der Waals surface area contributed by atoms with Crippen LogP contribution in [0.2, 0.25) is 0 Å². The van der Waals surface area contributed by atoms with Crippen LogP contribution >= 0.6 is 11.8 Å². The van der Waals surface area contributed by atoms with Crippen LogP contribution in [0.1, 0.15) is 62.9 Å². The number of allylic oxidation sites excluding steroid dienone is 1. The molecule has 3 fully saturated rings. The van der Waals surface area contributed by atoms with Gasteiger partial charge < -0.3 is 10.2 Å². The van der Waals surface area contributed by atoms with Gasteiger partial charge in [0.2, 0.25) is 0 Å². The number of hydrogen-bond donors (Lipinski definition) is 2. The molecule has 4 aliphatic carbocycles. The van der Waals surface area contributed by atoms with Crippen molar-refractivity contribution in [1.29, 1.82) is 0 Å². The van der Waals surface area contributed by atoms with Gasteiger partial charge in [0.25, 0.3) is 0 Å². The molecule has 3 saturated carbocycles. The number of thioether (sulfide) groups is 1. The predicted octanol–water partition coefficient (Wildman–Crippen LogP) is 5.36. The molecule has 1 aromatic carbocycles. The zero-order valence-electron chi connectivity index (χ0n) is 24.3. The van der Waals surface area contributed by atoms with Gasteiger partial charge in [0.1, 0.15) is 11.4 Å². The van der Waals surface area contributed by atoms with Crippen molar-refractivity contribution in [2.24, 2.45) is 28.6 Å². The lowest BCUT2D eigenvalue weighted by Gasteiger charge is -2.60. The Bertz CT molecular complexity index is 1590. The van der Waals surface area contributed by atoms with Crippen molar-refractivity contribution in [1.82, 2.24) is 19.7 Å². The van der Waals surface area contributed by atoms with Crippen LogP contribution < -0.4 is 0 Å². The summed E-state index contributed by atoms with van der Waals surface area (Å²) in [6.07, 6.45) is 9.38. The molecule has 4 aliphatic rings. The molecule has 0 amide bonds. The van der Waals surface area contributed by atoms with Gasteiger partial charge in [-0.1, -0.05) is 31.2 Å². The highest BCUT2D eigenvalue weighted by molar-refractivity contribution is 7.99. The SMILES string of the molecule is Cc1ccnc(SCC(=O)[C@@]2(O)CCC3C4CCC5=Cc6c(cnn6-c6ccc(F)cc6)CC5(C)C4C(O)CC32C)n1. The first-order valence-corrected chi connectivity index (χ1v) is 15.9. The third-order valence-corrected chi connectivity index (χ3v) is 12.1.